The predicted octanol–water partition coefficient (Wildman–Crippen LogP) is 4.99. The molecule has 8 heteroatoms. The zero-order valence-corrected chi connectivity index (χ0v) is 20.3. The van der Waals surface area contributed by atoms with Crippen molar-refractivity contribution in [2.45, 2.75) is 30.2 Å². The molecule has 1 fully saturated rings. The van der Waals surface area contributed by atoms with Crippen LogP contribution < -0.4 is 0 Å². The van der Waals surface area contributed by atoms with E-state index in [4.69, 9.17) is 23.2 Å². The third kappa shape index (κ3) is 6.52. The fourth-order valence-electron chi connectivity index (χ4n) is 3.67. The lowest BCUT2D eigenvalue weighted by Crippen LogP contribution is -2.39. The number of carbonyl (C=O) groups is 1. The number of likely N-dealkylation sites (tertiary alicyclic amines) is 1. The van der Waals surface area contributed by atoms with Gasteiger partial charge in [0.15, 0.2) is 4.90 Å². The lowest BCUT2D eigenvalue weighted by molar-refractivity contribution is -0.131. The van der Waals surface area contributed by atoms with E-state index in [1.165, 1.54) is 12.8 Å². The SMILES string of the molecule is CN(C(=O)Cc1ccc(Cl)c(Cl)c1)[C@@H](CN1CCCC1)c1ccc([S@+](C)[O-])cc1.Cl. The third-order valence-corrected chi connectivity index (χ3v) is 7.10. The highest BCUT2D eigenvalue weighted by molar-refractivity contribution is 7.90. The summed E-state index contributed by atoms with van der Waals surface area (Å²) >= 11 is 11.1. The van der Waals surface area contributed by atoms with Crippen molar-refractivity contribution in [3.8, 4) is 0 Å². The normalized spacial score (nSPS) is 16.0. The van der Waals surface area contributed by atoms with Crippen molar-refractivity contribution in [1.29, 1.82) is 0 Å². The zero-order valence-electron chi connectivity index (χ0n) is 17.1. The van der Waals surface area contributed by atoms with Crippen LogP contribution in [0.3, 0.4) is 0 Å². The molecule has 30 heavy (non-hydrogen) atoms. The first-order valence-electron chi connectivity index (χ1n) is 9.70. The van der Waals surface area contributed by atoms with Gasteiger partial charge < -0.3 is 14.4 Å². The van der Waals surface area contributed by atoms with Gasteiger partial charge in [-0.05, 0) is 72.5 Å². The Hall–Kier alpha value is -0.950. The van der Waals surface area contributed by atoms with Crippen LogP contribution in [0.15, 0.2) is 47.4 Å². The predicted molar refractivity (Wildman–Crippen MR) is 127 cm³/mol. The van der Waals surface area contributed by atoms with E-state index in [0.717, 1.165) is 35.7 Å². The summed E-state index contributed by atoms with van der Waals surface area (Å²) < 4.78 is 11.7. The van der Waals surface area contributed by atoms with Gasteiger partial charge in [0.1, 0.15) is 6.26 Å². The molecule has 1 aliphatic rings. The largest absolute Gasteiger partial charge is 0.612 e. The van der Waals surface area contributed by atoms with Crippen LogP contribution >= 0.6 is 35.6 Å². The van der Waals surface area contributed by atoms with Crippen LogP contribution in [0.1, 0.15) is 30.0 Å². The van der Waals surface area contributed by atoms with Crippen molar-refractivity contribution in [2.75, 3.05) is 32.9 Å². The molecule has 1 aliphatic heterocycles. The van der Waals surface area contributed by atoms with E-state index >= 15 is 0 Å². The molecule has 4 nitrogen and oxygen atoms in total. The van der Waals surface area contributed by atoms with Gasteiger partial charge in [-0.3, -0.25) is 4.79 Å². The first-order chi connectivity index (χ1) is 13.8. The van der Waals surface area contributed by atoms with Crippen LogP contribution in [0.4, 0.5) is 0 Å². The van der Waals surface area contributed by atoms with E-state index < -0.39 is 11.2 Å². The number of benzene rings is 2. The van der Waals surface area contributed by atoms with Crippen molar-refractivity contribution in [3.63, 3.8) is 0 Å². The Morgan fingerprint density at radius 3 is 2.33 bits per heavy atom. The summed E-state index contributed by atoms with van der Waals surface area (Å²) in [5.41, 5.74) is 1.89. The van der Waals surface area contributed by atoms with Gasteiger partial charge in [-0.2, -0.15) is 0 Å². The highest BCUT2D eigenvalue weighted by Gasteiger charge is 2.26. The molecule has 2 atom stereocenters. The van der Waals surface area contributed by atoms with Crippen LogP contribution in [0.5, 0.6) is 0 Å². The van der Waals surface area contributed by atoms with E-state index in [0.29, 0.717) is 10.0 Å². The van der Waals surface area contributed by atoms with Gasteiger partial charge >= 0.3 is 0 Å². The molecule has 0 N–H and O–H groups in total. The first-order valence-corrected chi connectivity index (χ1v) is 12.0. The van der Waals surface area contributed by atoms with E-state index in [-0.39, 0.29) is 30.8 Å². The lowest BCUT2D eigenvalue weighted by Gasteiger charge is -2.32. The molecule has 0 aliphatic carbocycles. The van der Waals surface area contributed by atoms with Crippen molar-refractivity contribution in [1.82, 2.24) is 9.80 Å². The standard InChI is InChI=1S/C22H26Cl2N2O2S.ClH/c1-25(22(27)14-16-5-10-19(23)20(24)13-16)21(15-26-11-3-4-12-26)17-6-8-18(9-7-17)29(2)28;/h5-10,13,21H,3-4,11-12,14-15H2,1-2H3;1H/t21-,29-;/m0./s1. The maximum absolute atomic E-state index is 13.1. The molecule has 2 aromatic carbocycles. The summed E-state index contributed by atoms with van der Waals surface area (Å²) in [6.45, 7) is 2.91. The molecule has 1 amide bonds. The molecule has 0 radical (unpaired) electrons. The summed E-state index contributed by atoms with van der Waals surface area (Å²) in [6.07, 6.45) is 4.33. The Bertz CT molecular complexity index is 843. The van der Waals surface area contributed by atoms with Gasteiger partial charge in [-0.1, -0.05) is 41.4 Å². The molecule has 0 unspecified atom stereocenters. The Labute approximate surface area is 198 Å². The number of carbonyl (C=O) groups excluding carboxylic acids is 1. The molecule has 3 rings (SSSR count). The van der Waals surface area contributed by atoms with Crippen molar-refractivity contribution < 1.29 is 9.35 Å². The maximum atomic E-state index is 13.1. The minimum atomic E-state index is -1.02. The van der Waals surface area contributed by atoms with E-state index in [1.807, 2.05) is 42.3 Å². The summed E-state index contributed by atoms with van der Waals surface area (Å²) in [5, 5.41) is 0.938. The number of hydrogen-bond donors (Lipinski definition) is 0. The van der Waals surface area contributed by atoms with Crippen molar-refractivity contribution in [2.24, 2.45) is 0 Å². The molecule has 0 bridgehead atoms. The minimum absolute atomic E-state index is 0. The molecule has 2 aromatic rings. The highest BCUT2D eigenvalue weighted by Crippen LogP contribution is 2.26. The van der Waals surface area contributed by atoms with Crippen LogP contribution in [0.2, 0.25) is 10.0 Å². The summed E-state index contributed by atoms with van der Waals surface area (Å²) in [5.74, 6) is 0.0238. The monoisotopic (exact) mass is 488 g/mol. The molecule has 1 saturated heterocycles. The lowest BCUT2D eigenvalue weighted by atomic mass is 10.0. The smallest absolute Gasteiger partial charge is 0.227 e. The molecular formula is C22H27Cl3N2O2S. The fourth-order valence-corrected chi connectivity index (χ4v) is 4.51. The summed E-state index contributed by atoms with van der Waals surface area (Å²) in [6, 6.07) is 13.0. The van der Waals surface area contributed by atoms with Crippen molar-refractivity contribution in [3.05, 3.63) is 63.6 Å². The molecule has 1 heterocycles. The van der Waals surface area contributed by atoms with E-state index in [1.54, 1.807) is 18.4 Å². The fraction of sp³-hybridized carbons (Fsp3) is 0.409. The Morgan fingerprint density at radius 2 is 1.77 bits per heavy atom. The zero-order chi connectivity index (χ0) is 21.0. The summed E-state index contributed by atoms with van der Waals surface area (Å²) in [7, 11) is 1.85. The van der Waals surface area contributed by atoms with Gasteiger partial charge in [0.05, 0.1) is 22.5 Å². The topological polar surface area (TPSA) is 46.6 Å². The van der Waals surface area contributed by atoms with Gasteiger partial charge in [0.2, 0.25) is 5.91 Å². The second-order valence-corrected chi connectivity index (χ2v) is 9.67. The molecule has 0 aromatic heterocycles. The second kappa shape index (κ2) is 11.6. The van der Waals surface area contributed by atoms with E-state index in [2.05, 4.69) is 4.90 Å². The number of hydrogen-bond acceptors (Lipinski definition) is 3. The number of nitrogens with zero attached hydrogens (tertiary/aromatic N) is 2. The van der Waals surface area contributed by atoms with Crippen LogP contribution in [0.25, 0.3) is 0 Å². The number of halogens is 3. The summed E-state index contributed by atoms with van der Waals surface area (Å²) in [4.78, 5) is 18.1. The van der Waals surface area contributed by atoms with Crippen LogP contribution in [-0.4, -0.2) is 53.2 Å². The number of rotatable bonds is 7. The van der Waals surface area contributed by atoms with Gasteiger partial charge in [0.25, 0.3) is 0 Å². The quantitative estimate of drug-likeness (QED) is 0.515. The highest BCUT2D eigenvalue weighted by atomic mass is 35.5. The second-order valence-electron chi connectivity index (χ2n) is 7.48. The van der Waals surface area contributed by atoms with E-state index in [9.17, 15) is 9.35 Å². The maximum Gasteiger partial charge on any atom is 0.227 e. The van der Waals surface area contributed by atoms with Crippen LogP contribution in [-0.2, 0) is 22.4 Å². The Kier molecular flexibility index (Phi) is 9.79. The average Bonchev–Trinajstić information content (AvgIpc) is 3.22. The van der Waals surface area contributed by atoms with Gasteiger partial charge in [-0.25, -0.2) is 0 Å². The third-order valence-electron chi connectivity index (χ3n) is 5.43. The van der Waals surface area contributed by atoms with Gasteiger partial charge in [-0.15, -0.1) is 12.4 Å². The molecule has 0 spiro atoms. The number of likely N-dealkylation sites (N-methyl/N-ethyl adjacent to an activating group) is 1. The van der Waals surface area contributed by atoms with Crippen molar-refractivity contribution >= 4 is 52.7 Å². The van der Waals surface area contributed by atoms with Gasteiger partial charge in [0, 0.05) is 13.6 Å². The minimum Gasteiger partial charge on any atom is -0.612 e. The Morgan fingerprint density at radius 1 is 1.13 bits per heavy atom. The first kappa shape index (κ1) is 25.3. The molecule has 164 valence electrons. The molecular weight excluding hydrogens is 463 g/mol. The van der Waals surface area contributed by atoms with Crippen LogP contribution in [0, 0.1) is 0 Å². The Balaban J connectivity index is 0.00000320. The number of amides is 1. The average molecular weight is 490 g/mol. The molecule has 0 saturated carbocycles.